The van der Waals surface area contributed by atoms with Crippen LogP contribution in [0.15, 0.2) is 0 Å². The first-order valence-corrected chi connectivity index (χ1v) is 3.58. The molecule has 0 atom stereocenters. The zero-order chi connectivity index (χ0) is 8.53. The van der Waals surface area contributed by atoms with Gasteiger partial charge in [0.25, 0.3) is 0 Å². The maximum absolute atomic E-state index is 10.2. The van der Waals surface area contributed by atoms with Gasteiger partial charge in [-0.3, -0.25) is 4.79 Å². The fourth-order valence-corrected chi connectivity index (χ4v) is 0.519. The third-order valence-electron chi connectivity index (χ3n) is 0.941. The van der Waals surface area contributed by atoms with E-state index in [1.165, 1.54) is 6.92 Å². The molecule has 0 bridgehead atoms. The van der Waals surface area contributed by atoms with Crippen molar-refractivity contribution in [1.82, 2.24) is 10.8 Å². The standard InChI is InChI=1S/C6H15N3O2.Cu/c1-6(10)11-9-5-4-8-3-2-7;/h8-9H,2-5,7H2,1H3;. The molecule has 0 aliphatic carbocycles. The number of hydroxylamine groups is 1. The number of hydrogen-bond donors (Lipinski definition) is 3. The number of hydrogen-bond acceptors (Lipinski definition) is 5. The molecule has 0 amide bonds. The summed E-state index contributed by atoms with van der Waals surface area (Å²) >= 11 is 0. The molecule has 0 saturated heterocycles. The zero-order valence-electron chi connectivity index (χ0n) is 7.02. The topological polar surface area (TPSA) is 76.4 Å². The van der Waals surface area contributed by atoms with Crippen molar-refractivity contribution in [3.8, 4) is 0 Å². The molecule has 0 rings (SSSR count). The van der Waals surface area contributed by atoms with E-state index < -0.39 is 0 Å². The van der Waals surface area contributed by atoms with Crippen molar-refractivity contribution in [1.29, 1.82) is 0 Å². The predicted molar refractivity (Wildman–Crippen MR) is 41.7 cm³/mol. The van der Waals surface area contributed by atoms with Crippen LogP contribution in [-0.4, -0.2) is 32.1 Å². The molecule has 0 heterocycles. The van der Waals surface area contributed by atoms with Crippen LogP contribution in [-0.2, 0) is 26.7 Å². The number of rotatable bonds is 6. The van der Waals surface area contributed by atoms with E-state index >= 15 is 0 Å². The van der Waals surface area contributed by atoms with Crippen LogP contribution < -0.4 is 16.5 Å². The van der Waals surface area contributed by atoms with E-state index in [9.17, 15) is 4.79 Å². The second-order valence-electron chi connectivity index (χ2n) is 2.03. The quantitative estimate of drug-likeness (QED) is 0.294. The molecule has 0 saturated carbocycles. The van der Waals surface area contributed by atoms with Crippen LogP contribution in [0.25, 0.3) is 0 Å². The molecule has 0 fully saturated rings. The molecule has 0 aromatic carbocycles. The molecule has 0 unspecified atom stereocenters. The Bertz CT molecular complexity index is 113. The maximum atomic E-state index is 10.2. The van der Waals surface area contributed by atoms with Gasteiger partial charge in [0.2, 0.25) is 0 Å². The van der Waals surface area contributed by atoms with Gasteiger partial charge in [0.15, 0.2) is 0 Å². The average molecular weight is 225 g/mol. The minimum Gasteiger partial charge on any atom is -0.371 e. The van der Waals surface area contributed by atoms with Crippen LogP contribution in [0.4, 0.5) is 0 Å². The molecule has 0 aliphatic heterocycles. The monoisotopic (exact) mass is 224 g/mol. The van der Waals surface area contributed by atoms with E-state index in [4.69, 9.17) is 5.73 Å². The summed E-state index contributed by atoms with van der Waals surface area (Å²) in [5.41, 5.74) is 7.71. The summed E-state index contributed by atoms with van der Waals surface area (Å²) in [6, 6.07) is 0. The predicted octanol–water partition coefficient (Wildman–Crippen LogP) is -1.40. The summed E-state index contributed by atoms with van der Waals surface area (Å²) in [6.07, 6.45) is 0. The van der Waals surface area contributed by atoms with Crippen LogP contribution in [0.1, 0.15) is 6.92 Å². The van der Waals surface area contributed by atoms with E-state index in [1.54, 1.807) is 0 Å². The molecule has 77 valence electrons. The largest absolute Gasteiger partial charge is 0.371 e. The summed E-state index contributed by atoms with van der Waals surface area (Å²) in [6.45, 7) is 4.08. The molecule has 4 N–H and O–H groups in total. The first kappa shape index (κ1) is 14.4. The second kappa shape index (κ2) is 10.9. The summed E-state index contributed by atoms with van der Waals surface area (Å²) in [5.74, 6) is -0.330. The molecular weight excluding hydrogens is 210 g/mol. The van der Waals surface area contributed by atoms with Crippen molar-refractivity contribution in [3.05, 3.63) is 0 Å². The SMILES string of the molecule is CC(=O)ONCCNCCN.[Cu]. The van der Waals surface area contributed by atoms with E-state index in [-0.39, 0.29) is 23.0 Å². The Morgan fingerprint density at radius 1 is 1.42 bits per heavy atom. The van der Waals surface area contributed by atoms with Crippen molar-refractivity contribution in [2.24, 2.45) is 5.73 Å². The van der Waals surface area contributed by atoms with Gasteiger partial charge in [0, 0.05) is 50.2 Å². The summed E-state index contributed by atoms with van der Waals surface area (Å²) < 4.78 is 0. The van der Waals surface area contributed by atoms with E-state index in [0.29, 0.717) is 13.1 Å². The van der Waals surface area contributed by atoms with Crippen molar-refractivity contribution in [3.63, 3.8) is 0 Å². The van der Waals surface area contributed by atoms with Crippen LogP contribution in [0.3, 0.4) is 0 Å². The third kappa shape index (κ3) is 12.5. The van der Waals surface area contributed by atoms with Gasteiger partial charge in [-0.15, -0.1) is 0 Å². The van der Waals surface area contributed by atoms with Gasteiger partial charge in [-0.2, -0.15) is 5.48 Å². The Balaban J connectivity index is 0. The fourth-order valence-electron chi connectivity index (χ4n) is 0.519. The maximum Gasteiger partial charge on any atom is 0.321 e. The molecule has 5 nitrogen and oxygen atoms in total. The molecule has 0 spiro atoms. The average Bonchev–Trinajstić information content (AvgIpc) is 1.96. The van der Waals surface area contributed by atoms with Crippen molar-refractivity contribution in [2.45, 2.75) is 6.92 Å². The van der Waals surface area contributed by atoms with Gasteiger partial charge >= 0.3 is 5.97 Å². The smallest absolute Gasteiger partial charge is 0.321 e. The summed E-state index contributed by atoms with van der Waals surface area (Å²) in [5, 5.41) is 3.03. The van der Waals surface area contributed by atoms with Crippen molar-refractivity contribution < 1.29 is 26.7 Å². The molecule has 0 aromatic heterocycles. The Morgan fingerprint density at radius 3 is 2.58 bits per heavy atom. The number of nitrogens with one attached hydrogen (secondary N) is 2. The van der Waals surface area contributed by atoms with Crippen molar-refractivity contribution >= 4 is 5.97 Å². The molecule has 0 aromatic rings. The summed E-state index contributed by atoms with van der Waals surface area (Å²) in [4.78, 5) is 14.7. The van der Waals surface area contributed by atoms with Gasteiger partial charge in [0.1, 0.15) is 0 Å². The van der Waals surface area contributed by atoms with E-state index in [0.717, 1.165) is 13.1 Å². The van der Waals surface area contributed by atoms with Gasteiger partial charge in [-0.25, -0.2) is 0 Å². The molecule has 12 heavy (non-hydrogen) atoms. The minimum absolute atomic E-state index is 0. The zero-order valence-corrected chi connectivity index (χ0v) is 7.97. The Kier molecular flexibility index (Phi) is 13.0. The Morgan fingerprint density at radius 2 is 2.08 bits per heavy atom. The fraction of sp³-hybridized carbons (Fsp3) is 0.833. The van der Waals surface area contributed by atoms with E-state index in [2.05, 4.69) is 15.6 Å². The number of carbonyl (C=O) groups is 1. The minimum atomic E-state index is -0.330. The molecule has 6 heteroatoms. The van der Waals surface area contributed by atoms with Crippen LogP contribution in [0.5, 0.6) is 0 Å². The first-order chi connectivity index (χ1) is 5.27. The number of carbonyl (C=O) groups excluding carboxylic acids is 1. The first-order valence-electron chi connectivity index (χ1n) is 3.58. The van der Waals surface area contributed by atoms with Crippen LogP contribution in [0, 0.1) is 0 Å². The normalized spacial score (nSPS) is 8.83. The summed E-state index contributed by atoms with van der Waals surface area (Å²) in [7, 11) is 0. The third-order valence-corrected chi connectivity index (χ3v) is 0.941. The number of nitrogens with two attached hydrogens (primary N) is 1. The molecule has 0 aliphatic rings. The van der Waals surface area contributed by atoms with E-state index in [1.807, 2.05) is 0 Å². The van der Waals surface area contributed by atoms with Gasteiger partial charge < -0.3 is 15.9 Å². The molecule has 1 radical (unpaired) electrons. The van der Waals surface area contributed by atoms with Gasteiger partial charge in [-0.1, -0.05) is 0 Å². The van der Waals surface area contributed by atoms with Gasteiger partial charge in [0.05, 0.1) is 0 Å². The Hall–Kier alpha value is -0.131. The van der Waals surface area contributed by atoms with Gasteiger partial charge in [-0.05, 0) is 0 Å². The van der Waals surface area contributed by atoms with Crippen molar-refractivity contribution in [2.75, 3.05) is 26.2 Å². The second-order valence-corrected chi connectivity index (χ2v) is 2.03. The van der Waals surface area contributed by atoms with Crippen LogP contribution >= 0.6 is 0 Å². The molecular formula is C6H15CuN3O2. The van der Waals surface area contributed by atoms with Crippen LogP contribution in [0.2, 0.25) is 0 Å². The Labute approximate surface area is 82.8 Å².